The van der Waals surface area contributed by atoms with Crippen molar-refractivity contribution >= 4 is 46.6 Å². The van der Waals surface area contributed by atoms with E-state index in [1.165, 1.54) is 0 Å². The lowest BCUT2D eigenvalue weighted by Crippen LogP contribution is -2.28. The number of nitrogens with zero attached hydrogens (tertiary/aromatic N) is 4. The SMILES string of the molecule is Cc1nc2nc(C(=O)N3CCSC3)cn2c(-c2ccc(Cl)cc2Cl)c1CN. The van der Waals surface area contributed by atoms with Gasteiger partial charge in [-0.1, -0.05) is 23.2 Å². The first-order valence-electron chi connectivity index (χ1n) is 8.40. The van der Waals surface area contributed by atoms with Crippen molar-refractivity contribution < 1.29 is 4.79 Å². The van der Waals surface area contributed by atoms with E-state index in [-0.39, 0.29) is 12.5 Å². The molecular formula is C18H17Cl2N5OS. The summed E-state index contributed by atoms with van der Waals surface area (Å²) in [6.45, 7) is 2.89. The number of imidazole rings is 1. The number of benzene rings is 1. The summed E-state index contributed by atoms with van der Waals surface area (Å²) in [5, 5.41) is 1.05. The van der Waals surface area contributed by atoms with Crippen molar-refractivity contribution in [1.82, 2.24) is 19.3 Å². The molecule has 1 aliphatic rings. The molecule has 2 aromatic heterocycles. The fourth-order valence-corrected chi connectivity index (χ4v) is 4.65. The average molecular weight is 422 g/mol. The number of aryl methyl sites for hydroxylation is 1. The van der Waals surface area contributed by atoms with Crippen molar-refractivity contribution in [2.75, 3.05) is 18.2 Å². The van der Waals surface area contributed by atoms with Gasteiger partial charge in [-0.2, -0.15) is 0 Å². The van der Waals surface area contributed by atoms with E-state index in [1.54, 1.807) is 39.4 Å². The lowest BCUT2D eigenvalue weighted by atomic mass is 10.0. The van der Waals surface area contributed by atoms with Gasteiger partial charge in [0.25, 0.3) is 5.91 Å². The summed E-state index contributed by atoms with van der Waals surface area (Å²) in [7, 11) is 0. The number of aromatic nitrogens is 3. The summed E-state index contributed by atoms with van der Waals surface area (Å²) >= 11 is 14.2. The average Bonchev–Trinajstić information content (AvgIpc) is 3.30. The number of hydrogen-bond donors (Lipinski definition) is 1. The number of carbonyl (C=O) groups excluding carboxylic acids is 1. The van der Waals surface area contributed by atoms with E-state index in [9.17, 15) is 4.79 Å². The highest BCUT2D eigenvalue weighted by atomic mass is 35.5. The third kappa shape index (κ3) is 3.29. The molecule has 1 fully saturated rings. The molecule has 140 valence electrons. The molecule has 3 aromatic rings. The van der Waals surface area contributed by atoms with Crippen LogP contribution in [0.4, 0.5) is 0 Å². The van der Waals surface area contributed by atoms with Crippen LogP contribution in [0.15, 0.2) is 24.4 Å². The van der Waals surface area contributed by atoms with Gasteiger partial charge in [0.05, 0.1) is 16.6 Å². The minimum Gasteiger partial charge on any atom is -0.327 e. The van der Waals surface area contributed by atoms with Crippen LogP contribution in [0.25, 0.3) is 17.0 Å². The maximum absolute atomic E-state index is 12.8. The highest BCUT2D eigenvalue weighted by Crippen LogP contribution is 2.34. The molecule has 1 saturated heterocycles. The molecule has 0 saturated carbocycles. The second-order valence-corrected chi connectivity index (χ2v) is 8.17. The van der Waals surface area contributed by atoms with Crippen LogP contribution in [-0.2, 0) is 6.54 Å². The fraction of sp³-hybridized carbons (Fsp3) is 0.278. The molecule has 9 heteroatoms. The summed E-state index contributed by atoms with van der Waals surface area (Å²) in [6, 6.07) is 5.30. The molecule has 0 bridgehead atoms. The highest BCUT2D eigenvalue weighted by Gasteiger charge is 2.24. The number of amides is 1. The number of halogens is 2. The molecule has 0 atom stereocenters. The minimum absolute atomic E-state index is 0.0920. The van der Waals surface area contributed by atoms with Crippen LogP contribution < -0.4 is 5.73 Å². The number of thioether (sulfide) groups is 1. The van der Waals surface area contributed by atoms with E-state index in [2.05, 4.69) is 9.97 Å². The second-order valence-electron chi connectivity index (χ2n) is 6.25. The van der Waals surface area contributed by atoms with Gasteiger partial charge in [-0.05, 0) is 25.1 Å². The smallest absolute Gasteiger partial charge is 0.274 e. The molecule has 4 rings (SSSR count). The number of hydrogen-bond acceptors (Lipinski definition) is 5. The summed E-state index contributed by atoms with van der Waals surface area (Å²) in [4.78, 5) is 23.6. The first-order valence-corrected chi connectivity index (χ1v) is 10.3. The molecule has 1 amide bonds. The minimum atomic E-state index is -0.0920. The predicted octanol–water partition coefficient (Wildman–Crippen LogP) is 3.62. The molecule has 0 radical (unpaired) electrons. The third-order valence-corrected chi connectivity index (χ3v) is 6.08. The summed E-state index contributed by atoms with van der Waals surface area (Å²) in [5.74, 6) is 1.98. The highest BCUT2D eigenvalue weighted by molar-refractivity contribution is 7.99. The van der Waals surface area contributed by atoms with E-state index >= 15 is 0 Å². The van der Waals surface area contributed by atoms with Crippen LogP contribution in [-0.4, -0.2) is 43.4 Å². The Labute approximate surface area is 170 Å². The Bertz CT molecular complexity index is 1050. The Balaban J connectivity index is 1.93. The Hall–Kier alpha value is -1.80. The van der Waals surface area contributed by atoms with Crippen molar-refractivity contribution in [2.45, 2.75) is 13.5 Å². The zero-order valence-corrected chi connectivity index (χ0v) is 16.9. The zero-order chi connectivity index (χ0) is 19.1. The maximum Gasteiger partial charge on any atom is 0.274 e. The molecule has 1 aromatic carbocycles. The number of fused-ring (bicyclic) bond motifs is 1. The van der Waals surface area contributed by atoms with E-state index in [1.807, 2.05) is 13.0 Å². The number of carbonyl (C=O) groups is 1. The van der Waals surface area contributed by atoms with E-state index in [0.717, 1.165) is 34.8 Å². The van der Waals surface area contributed by atoms with Gasteiger partial charge < -0.3 is 10.6 Å². The zero-order valence-electron chi connectivity index (χ0n) is 14.6. The van der Waals surface area contributed by atoms with Crippen LogP contribution in [0.2, 0.25) is 10.0 Å². The number of rotatable bonds is 3. The lowest BCUT2D eigenvalue weighted by molar-refractivity contribution is 0.0797. The molecule has 27 heavy (non-hydrogen) atoms. The Morgan fingerprint density at radius 3 is 2.81 bits per heavy atom. The van der Waals surface area contributed by atoms with Crippen LogP contribution in [0.1, 0.15) is 21.7 Å². The van der Waals surface area contributed by atoms with Crippen molar-refractivity contribution in [3.8, 4) is 11.3 Å². The largest absolute Gasteiger partial charge is 0.327 e. The monoisotopic (exact) mass is 421 g/mol. The van der Waals surface area contributed by atoms with Gasteiger partial charge in [0.15, 0.2) is 0 Å². The number of nitrogens with two attached hydrogens (primary N) is 1. The Morgan fingerprint density at radius 1 is 1.33 bits per heavy atom. The molecule has 1 aliphatic heterocycles. The summed E-state index contributed by atoms with van der Waals surface area (Å²) in [5.41, 5.74) is 9.52. The predicted molar refractivity (Wildman–Crippen MR) is 109 cm³/mol. The van der Waals surface area contributed by atoms with Crippen LogP contribution in [0.5, 0.6) is 0 Å². The molecule has 2 N–H and O–H groups in total. The van der Waals surface area contributed by atoms with Crippen molar-refractivity contribution in [1.29, 1.82) is 0 Å². The van der Waals surface area contributed by atoms with Crippen molar-refractivity contribution in [3.63, 3.8) is 0 Å². The van der Waals surface area contributed by atoms with Gasteiger partial charge >= 0.3 is 0 Å². The van der Waals surface area contributed by atoms with Crippen LogP contribution in [0.3, 0.4) is 0 Å². The standard InChI is InChI=1S/C18H17Cl2N5OS/c1-10-13(7-21)16(12-3-2-11(19)6-14(12)20)25-8-15(23-18(25)22-10)17(26)24-4-5-27-9-24/h2-3,6,8H,4-5,7,9,21H2,1H3. The molecule has 6 nitrogen and oxygen atoms in total. The molecule has 0 spiro atoms. The normalized spacial score (nSPS) is 14.3. The van der Waals surface area contributed by atoms with Gasteiger partial charge in [0.1, 0.15) is 5.69 Å². The first-order chi connectivity index (χ1) is 13.0. The van der Waals surface area contributed by atoms with E-state index in [0.29, 0.717) is 27.4 Å². The molecule has 0 unspecified atom stereocenters. The second kappa shape index (κ2) is 7.31. The summed E-state index contributed by atoms with van der Waals surface area (Å²) < 4.78 is 1.79. The topological polar surface area (TPSA) is 76.5 Å². The van der Waals surface area contributed by atoms with Crippen molar-refractivity contribution in [2.24, 2.45) is 5.73 Å². The Kier molecular flexibility index (Phi) is 5.03. The lowest BCUT2D eigenvalue weighted by Gasteiger charge is -2.14. The van der Waals surface area contributed by atoms with Gasteiger partial charge in [-0.25, -0.2) is 9.97 Å². The fourth-order valence-electron chi connectivity index (χ4n) is 3.21. The van der Waals surface area contributed by atoms with Gasteiger partial charge in [0, 0.05) is 46.9 Å². The van der Waals surface area contributed by atoms with Gasteiger partial charge in [-0.15, -0.1) is 11.8 Å². The van der Waals surface area contributed by atoms with Crippen LogP contribution in [0, 0.1) is 6.92 Å². The van der Waals surface area contributed by atoms with Gasteiger partial charge in [0.2, 0.25) is 5.78 Å². The quantitative estimate of drug-likeness (QED) is 0.698. The molecule has 3 heterocycles. The van der Waals surface area contributed by atoms with E-state index in [4.69, 9.17) is 28.9 Å². The molecular weight excluding hydrogens is 405 g/mol. The summed E-state index contributed by atoms with van der Waals surface area (Å²) in [6.07, 6.45) is 1.71. The maximum atomic E-state index is 12.8. The Morgan fingerprint density at radius 2 is 2.15 bits per heavy atom. The first kappa shape index (κ1) is 18.6. The van der Waals surface area contributed by atoms with E-state index < -0.39 is 0 Å². The van der Waals surface area contributed by atoms with Gasteiger partial charge in [-0.3, -0.25) is 9.20 Å². The molecule has 0 aliphatic carbocycles. The van der Waals surface area contributed by atoms with Crippen LogP contribution >= 0.6 is 35.0 Å². The third-order valence-electron chi connectivity index (χ3n) is 4.57. The van der Waals surface area contributed by atoms with Crippen molar-refractivity contribution in [3.05, 3.63) is 51.4 Å².